The number of carboxylic acids is 1. The predicted molar refractivity (Wildman–Crippen MR) is 115 cm³/mol. The van der Waals surface area contributed by atoms with E-state index in [1.165, 1.54) is 41.5 Å². The highest BCUT2D eigenvalue weighted by Crippen LogP contribution is 2.41. The molecule has 2 aliphatic carbocycles. The van der Waals surface area contributed by atoms with Crippen molar-refractivity contribution in [1.29, 1.82) is 0 Å². The van der Waals surface area contributed by atoms with Crippen molar-refractivity contribution in [3.05, 3.63) is 76.4 Å². The number of hydrogen-bond donors (Lipinski definition) is 1. The van der Waals surface area contributed by atoms with E-state index in [9.17, 15) is 14.7 Å². The first-order chi connectivity index (χ1) is 14.1. The van der Waals surface area contributed by atoms with E-state index in [0.717, 1.165) is 25.7 Å². The molecule has 29 heavy (non-hydrogen) atoms. The van der Waals surface area contributed by atoms with E-state index >= 15 is 0 Å². The van der Waals surface area contributed by atoms with E-state index in [1.807, 2.05) is 30.3 Å². The summed E-state index contributed by atoms with van der Waals surface area (Å²) in [5.41, 5.74) is 7.47. The fourth-order valence-corrected chi connectivity index (χ4v) is 4.78. The van der Waals surface area contributed by atoms with Crippen molar-refractivity contribution in [1.82, 2.24) is 0 Å². The molecule has 0 radical (unpaired) electrons. The Labute approximate surface area is 172 Å². The maximum absolute atomic E-state index is 12.8. The van der Waals surface area contributed by atoms with Gasteiger partial charge in [0.25, 0.3) is 0 Å². The van der Waals surface area contributed by atoms with Gasteiger partial charge in [-0.1, -0.05) is 48.0 Å². The third-order valence-electron chi connectivity index (χ3n) is 6.38. The first-order valence-corrected chi connectivity index (χ1v) is 10.8. The molecule has 0 bridgehead atoms. The monoisotopic (exact) mass is 388 g/mol. The molecule has 2 aromatic rings. The third kappa shape index (κ3) is 4.50. The summed E-state index contributed by atoms with van der Waals surface area (Å²) in [6, 6.07) is 16.1. The second kappa shape index (κ2) is 8.77. The van der Waals surface area contributed by atoms with Gasteiger partial charge in [0.2, 0.25) is 0 Å². The Bertz CT molecular complexity index is 940. The number of fused-ring (bicyclic) bond motifs is 2. The molecule has 2 aromatic carbocycles. The lowest BCUT2D eigenvalue weighted by molar-refractivity contribution is -0.141. The molecule has 0 fully saturated rings. The van der Waals surface area contributed by atoms with Crippen molar-refractivity contribution in [3.8, 4) is 0 Å². The van der Waals surface area contributed by atoms with Gasteiger partial charge in [-0.2, -0.15) is 0 Å². The number of hydrogen-bond acceptors (Lipinski definition) is 2. The number of rotatable bonds is 8. The zero-order valence-corrected chi connectivity index (χ0v) is 16.8. The van der Waals surface area contributed by atoms with Gasteiger partial charge in [0.05, 0.1) is 5.92 Å². The summed E-state index contributed by atoms with van der Waals surface area (Å²) < 4.78 is 0. The summed E-state index contributed by atoms with van der Waals surface area (Å²) in [7, 11) is 0. The number of carbonyl (C=O) groups is 2. The number of ketones is 1. The van der Waals surface area contributed by atoms with E-state index in [0.29, 0.717) is 12.0 Å². The molecule has 2 aliphatic rings. The van der Waals surface area contributed by atoms with E-state index in [-0.39, 0.29) is 12.2 Å². The SMILES string of the molecule is O=C(CC(CCCc1ccccc1)C(=O)O)c1ccc2c(c1)CC1=C2CCCC1. The quantitative estimate of drug-likeness (QED) is 0.576. The van der Waals surface area contributed by atoms with Crippen molar-refractivity contribution < 1.29 is 14.7 Å². The number of Topliss-reactive ketones (excluding diaryl/α,β-unsaturated/α-hetero) is 1. The van der Waals surface area contributed by atoms with Crippen LogP contribution in [0, 0.1) is 5.92 Å². The Kier molecular flexibility index (Phi) is 5.94. The lowest BCUT2D eigenvalue weighted by Crippen LogP contribution is -2.18. The van der Waals surface area contributed by atoms with Crippen LogP contribution in [0.1, 0.15) is 72.0 Å². The second-order valence-electron chi connectivity index (χ2n) is 8.38. The number of aliphatic carboxylic acids is 1. The van der Waals surface area contributed by atoms with Crippen LogP contribution in [0.15, 0.2) is 54.1 Å². The molecule has 0 saturated heterocycles. The van der Waals surface area contributed by atoms with Gasteiger partial charge in [-0.3, -0.25) is 9.59 Å². The Hall–Kier alpha value is -2.68. The van der Waals surface area contributed by atoms with Gasteiger partial charge in [0, 0.05) is 12.0 Å². The van der Waals surface area contributed by atoms with Crippen molar-refractivity contribution in [2.45, 2.75) is 57.8 Å². The summed E-state index contributed by atoms with van der Waals surface area (Å²) in [5.74, 6) is -1.54. The molecule has 0 amide bonds. The van der Waals surface area contributed by atoms with Gasteiger partial charge in [-0.15, -0.1) is 0 Å². The van der Waals surface area contributed by atoms with Crippen LogP contribution >= 0.6 is 0 Å². The first kappa shape index (κ1) is 19.6. The molecule has 3 nitrogen and oxygen atoms in total. The first-order valence-electron chi connectivity index (χ1n) is 10.8. The molecule has 0 aromatic heterocycles. The molecule has 0 heterocycles. The average molecular weight is 389 g/mol. The Morgan fingerprint density at radius 3 is 2.59 bits per heavy atom. The van der Waals surface area contributed by atoms with Gasteiger partial charge in [0.1, 0.15) is 0 Å². The van der Waals surface area contributed by atoms with Gasteiger partial charge >= 0.3 is 5.97 Å². The summed E-state index contributed by atoms with van der Waals surface area (Å²) in [4.78, 5) is 24.5. The second-order valence-corrected chi connectivity index (χ2v) is 8.38. The van der Waals surface area contributed by atoms with Gasteiger partial charge in [-0.05, 0) is 79.7 Å². The molecule has 4 rings (SSSR count). The largest absolute Gasteiger partial charge is 0.481 e. The number of carboxylic acid groups (broad SMARTS) is 1. The van der Waals surface area contributed by atoms with Crippen molar-refractivity contribution in [2.75, 3.05) is 0 Å². The van der Waals surface area contributed by atoms with E-state index < -0.39 is 11.9 Å². The number of benzene rings is 2. The lowest BCUT2D eigenvalue weighted by Gasteiger charge is -2.14. The highest BCUT2D eigenvalue weighted by atomic mass is 16.4. The van der Waals surface area contributed by atoms with Crippen LogP contribution in [0.3, 0.4) is 0 Å². The van der Waals surface area contributed by atoms with Crippen LogP contribution in [0.5, 0.6) is 0 Å². The molecule has 150 valence electrons. The van der Waals surface area contributed by atoms with Crippen LogP contribution in [0.25, 0.3) is 5.57 Å². The number of aryl methyl sites for hydroxylation is 1. The molecule has 1 unspecified atom stereocenters. The van der Waals surface area contributed by atoms with Crippen LogP contribution in [-0.2, 0) is 17.6 Å². The van der Waals surface area contributed by atoms with Gasteiger partial charge in [0.15, 0.2) is 5.78 Å². The minimum atomic E-state index is -0.871. The van der Waals surface area contributed by atoms with Crippen molar-refractivity contribution in [2.24, 2.45) is 5.92 Å². The van der Waals surface area contributed by atoms with Gasteiger partial charge < -0.3 is 5.11 Å². The summed E-state index contributed by atoms with van der Waals surface area (Å²) in [5, 5.41) is 9.60. The highest BCUT2D eigenvalue weighted by molar-refractivity contribution is 5.98. The number of allylic oxidation sites excluding steroid dienone is 2. The van der Waals surface area contributed by atoms with Crippen molar-refractivity contribution in [3.63, 3.8) is 0 Å². The predicted octanol–water partition coefficient (Wildman–Crippen LogP) is 5.87. The maximum atomic E-state index is 12.8. The molecule has 1 N–H and O–H groups in total. The molecular formula is C26H28O3. The smallest absolute Gasteiger partial charge is 0.306 e. The Morgan fingerprint density at radius 2 is 1.79 bits per heavy atom. The zero-order chi connectivity index (χ0) is 20.2. The Balaban J connectivity index is 1.38. The summed E-state index contributed by atoms with van der Waals surface area (Å²) >= 11 is 0. The fraction of sp³-hybridized carbons (Fsp3) is 0.385. The zero-order valence-electron chi connectivity index (χ0n) is 16.8. The highest BCUT2D eigenvalue weighted by Gasteiger charge is 2.26. The molecule has 0 saturated carbocycles. The van der Waals surface area contributed by atoms with Crippen molar-refractivity contribution >= 4 is 17.3 Å². The summed E-state index contributed by atoms with van der Waals surface area (Å²) in [6.07, 6.45) is 8.03. The number of carbonyl (C=O) groups excluding carboxylic acids is 1. The van der Waals surface area contributed by atoms with Crippen LogP contribution in [0.2, 0.25) is 0 Å². The summed E-state index contributed by atoms with van der Waals surface area (Å²) in [6.45, 7) is 0. The topological polar surface area (TPSA) is 54.4 Å². The minimum absolute atomic E-state index is 0.0511. The standard InChI is InChI=1S/C26H28O3/c27-25(17-21(26(28)29)11-6-9-18-7-2-1-3-8-18)20-13-14-24-22(16-20)15-19-10-4-5-12-23(19)24/h1-3,7-8,13-14,16,21H,4-6,9-12,15,17H2,(H,28,29). The molecule has 3 heteroatoms. The molecule has 0 aliphatic heterocycles. The minimum Gasteiger partial charge on any atom is -0.481 e. The molecular weight excluding hydrogens is 360 g/mol. The van der Waals surface area contributed by atoms with Crippen LogP contribution in [0.4, 0.5) is 0 Å². The van der Waals surface area contributed by atoms with Gasteiger partial charge in [-0.25, -0.2) is 0 Å². The normalized spacial score (nSPS) is 16.3. The Morgan fingerprint density at radius 1 is 1.00 bits per heavy atom. The maximum Gasteiger partial charge on any atom is 0.306 e. The van der Waals surface area contributed by atoms with E-state index in [1.54, 1.807) is 5.57 Å². The van der Waals surface area contributed by atoms with Crippen LogP contribution < -0.4 is 0 Å². The lowest BCUT2D eigenvalue weighted by atomic mass is 9.90. The van der Waals surface area contributed by atoms with E-state index in [2.05, 4.69) is 18.2 Å². The fourth-order valence-electron chi connectivity index (χ4n) is 4.78. The third-order valence-corrected chi connectivity index (χ3v) is 6.38. The van der Waals surface area contributed by atoms with E-state index in [4.69, 9.17) is 0 Å². The molecule has 1 atom stereocenters. The van der Waals surface area contributed by atoms with Crippen LogP contribution in [-0.4, -0.2) is 16.9 Å². The average Bonchev–Trinajstić information content (AvgIpc) is 3.11. The molecule has 0 spiro atoms.